The molecule has 3 rings (SSSR count). The lowest BCUT2D eigenvalue weighted by atomic mass is 10.1. The number of piperazine rings is 1. The Bertz CT molecular complexity index is 1060. The average Bonchev–Trinajstić information content (AvgIpc) is 2.82. The van der Waals surface area contributed by atoms with Crippen LogP contribution >= 0.6 is 0 Å². The molecule has 1 fully saturated rings. The van der Waals surface area contributed by atoms with E-state index in [1.54, 1.807) is 29.2 Å². The van der Waals surface area contributed by atoms with Gasteiger partial charge in [0, 0.05) is 31.7 Å². The molecule has 1 heterocycles. The highest BCUT2D eigenvalue weighted by molar-refractivity contribution is 5.94. The third-order valence-electron chi connectivity index (χ3n) is 5.42. The van der Waals surface area contributed by atoms with Crippen LogP contribution in [-0.4, -0.2) is 68.6 Å². The Labute approximate surface area is 198 Å². The van der Waals surface area contributed by atoms with Crippen LogP contribution in [0.1, 0.15) is 41.5 Å². The van der Waals surface area contributed by atoms with E-state index in [0.29, 0.717) is 48.9 Å². The first-order valence-corrected chi connectivity index (χ1v) is 11.0. The molecule has 0 bridgehead atoms. The first-order chi connectivity index (χ1) is 16.2. The second-order valence-electron chi connectivity index (χ2n) is 8.20. The van der Waals surface area contributed by atoms with Crippen LogP contribution < -0.4 is 14.4 Å². The van der Waals surface area contributed by atoms with Gasteiger partial charge in [-0.05, 0) is 57.2 Å². The summed E-state index contributed by atoms with van der Waals surface area (Å²) in [4.78, 5) is 39.8. The first-order valence-electron chi connectivity index (χ1n) is 11.0. The van der Waals surface area contributed by atoms with Crippen LogP contribution in [0.2, 0.25) is 0 Å². The second kappa shape index (κ2) is 11.0. The van der Waals surface area contributed by atoms with Crippen molar-refractivity contribution in [2.45, 2.75) is 26.9 Å². The fourth-order valence-corrected chi connectivity index (χ4v) is 3.63. The molecule has 0 N–H and O–H groups in total. The molecule has 0 saturated carbocycles. The van der Waals surface area contributed by atoms with E-state index in [-0.39, 0.29) is 23.4 Å². The maximum absolute atomic E-state index is 14.4. The summed E-state index contributed by atoms with van der Waals surface area (Å²) in [7, 11) is 1.48. The van der Waals surface area contributed by atoms with E-state index in [1.165, 1.54) is 26.2 Å². The van der Waals surface area contributed by atoms with Crippen LogP contribution in [-0.2, 0) is 9.53 Å². The van der Waals surface area contributed by atoms with Gasteiger partial charge in [0.1, 0.15) is 5.82 Å². The quantitative estimate of drug-likeness (QED) is 0.430. The van der Waals surface area contributed by atoms with Gasteiger partial charge < -0.3 is 24.0 Å². The van der Waals surface area contributed by atoms with Crippen LogP contribution in [0, 0.1) is 5.82 Å². The Morgan fingerprint density at radius 1 is 0.971 bits per heavy atom. The molecule has 1 saturated heterocycles. The summed E-state index contributed by atoms with van der Waals surface area (Å²) in [5, 5.41) is 0. The molecule has 34 heavy (non-hydrogen) atoms. The number of methoxy groups -OCH3 is 1. The van der Waals surface area contributed by atoms with Crippen molar-refractivity contribution < 1.29 is 33.0 Å². The van der Waals surface area contributed by atoms with Crippen molar-refractivity contribution in [3.8, 4) is 11.5 Å². The number of hydrogen-bond donors (Lipinski definition) is 0. The molecule has 8 nitrogen and oxygen atoms in total. The average molecular weight is 473 g/mol. The van der Waals surface area contributed by atoms with E-state index in [9.17, 15) is 18.8 Å². The molecule has 0 spiro atoms. The number of benzene rings is 2. The van der Waals surface area contributed by atoms with Gasteiger partial charge in [0.15, 0.2) is 23.9 Å². The summed E-state index contributed by atoms with van der Waals surface area (Å²) in [6, 6.07) is 9.09. The lowest BCUT2D eigenvalue weighted by molar-refractivity contribution is -0.134. The smallest absolute Gasteiger partial charge is 0.338 e. The number of anilines is 1. The predicted molar refractivity (Wildman–Crippen MR) is 124 cm³/mol. The summed E-state index contributed by atoms with van der Waals surface area (Å²) in [6.07, 6.45) is -0.0545. The van der Waals surface area contributed by atoms with Crippen molar-refractivity contribution in [2.75, 3.05) is 44.8 Å². The number of carbonyl (C=O) groups excluding carboxylic acids is 3. The molecule has 2 aromatic carbocycles. The molecule has 0 radical (unpaired) electrons. The van der Waals surface area contributed by atoms with Gasteiger partial charge in [-0.15, -0.1) is 0 Å². The molecule has 0 aliphatic carbocycles. The molecular weight excluding hydrogens is 443 g/mol. The van der Waals surface area contributed by atoms with Crippen molar-refractivity contribution in [3.05, 3.63) is 53.3 Å². The van der Waals surface area contributed by atoms with Crippen molar-refractivity contribution in [3.63, 3.8) is 0 Å². The molecule has 0 aromatic heterocycles. The Kier molecular flexibility index (Phi) is 8.09. The Morgan fingerprint density at radius 3 is 2.24 bits per heavy atom. The van der Waals surface area contributed by atoms with E-state index < -0.39 is 18.4 Å². The van der Waals surface area contributed by atoms with Crippen molar-refractivity contribution in [1.82, 2.24) is 4.90 Å². The summed E-state index contributed by atoms with van der Waals surface area (Å²) < 4.78 is 30.5. The van der Waals surface area contributed by atoms with Gasteiger partial charge in [0.2, 0.25) is 0 Å². The fraction of sp³-hybridized carbons (Fsp3) is 0.400. The molecule has 0 atom stereocenters. The van der Waals surface area contributed by atoms with Gasteiger partial charge in [0.25, 0.3) is 5.91 Å². The molecule has 2 aromatic rings. The Morgan fingerprint density at radius 2 is 1.65 bits per heavy atom. The summed E-state index contributed by atoms with van der Waals surface area (Å²) in [5.41, 5.74) is 0.953. The number of ether oxygens (including phenoxy) is 3. The minimum absolute atomic E-state index is 0.0545. The number of nitrogens with zero attached hydrogens (tertiary/aromatic N) is 2. The topological polar surface area (TPSA) is 85.4 Å². The third kappa shape index (κ3) is 6.03. The standard InChI is InChI=1S/C25H29FN2O6/c1-16(2)34-22-8-6-19(14-23(22)32-4)25(31)33-15-24(30)28-11-9-27(10-12-28)21-7-5-18(17(3)29)13-20(21)26/h5-8,13-14,16H,9-12,15H2,1-4H3. The SMILES string of the molecule is COc1cc(C(=O)OCC(=O)N2CCN(c3ccc(C(C)=O)cc3F)CC2)ccc1OC(C)C. The van der Waals surface area contributed by atoms with E-state index in [4.69, 9.17) is 14.2 Å². The number of amides is 1. The van der Waals surface area contributed by atoms with Crippen LogP contribution in [0.4, 0.5) is 10.1 Å². The van der Waals surface area contributed by atoms with Crippen molar-refractivity contribution >= 4 is 23.3 Å². The van der Waals surface area contributed by atoms with Gasteiger partial charge in [0.05, 0.1) is 24.5 Å². The zero-order chi connectivity index (χ0) is 24.8. The number of Topliss-reactive ketones (excluding diaryl/α,β-unsaturated/α-hetero) is 1. The molecule has 182 valence electrons. The summed E-state index contributed by atoms with van der Waals surface area (Å²) in [6.45, 7) is 6.32. The zero-order valence-electron chi connectivity index (χ0n) is 19.8. The number of halogens is 1. The number of esters is 1. The van der Waals surface area contributed by atoms with Crippen LogP contribution in [0.15, 0.2) is 36.4 Å². The molecule has 0 unspecified atom stereocenters. The van der Waals surface area contributed by atoms with Gasteiger partial charge >= 0.3 is 5.97 Å². The van der Waals surface area contributed by atoms with Crippen LogP contribution in [0.3, 0.4) is 0 Å². The highest BCUT2D eigenvalue weighted by Gasteiger charge is 2.24. The number of rotatable bonds is 8. The lowest BCUT2D eigenvalue weighted by Crippen LogP contribution is -2.50. The normalized spacial score (nSPS) is 13.6. The van der Waals surface area contributed by atoms with E-state index in [0.717, 1.165) is 0 Å². The van der Waals surface area contributed by atoms with Crippen molar-refractivity contribution in [2.24, 2.45) is 0 Å². The van der Waals surface area contributed by atoms with Gasteiger partial charge in [-0.3, -0.25) is 9.59 Å². The maximum Gasteiger partial charge on any atom is 0.338 e. The highest BCUT2D eigenvalue weighted by atomic mass is 19.1. The van der Waals surface area contributed by atoms with Gasteiger partial charge in [-0.25, -0.2) is 9.18 Å². The maximum atomic E-state index is 14.4. The predicted octanol–water partition coefficient (Wildman–Crippen LogP) is 3.33. The summed E-state index contributed by atoms with van der Waals surface area (Å²) >= 11 is 0. The highest BCUT2D eigenvalue weighted by Crippen LogP contribution is 2.29. The Hall–Kier alpha value is -3.62. The molecule has 1 aliphatic heterocycles. The largest absolute Gasteiger partial charge is 0.493 e. The first kappa shape index (κ1) is 25.0. The van der Waals surface area contributed by atoms with E-state index >= 15 is 0 Å². The molecule has 1 amide bonds. The number of ketones is 1. The number of hydrogen-bond acceptors (Lipinski definition) is 7. The van der Waals surface area contributed by atoms with Crippen LogP contribution in [0.25, 0.3) is 0 Å². The minimum Gasteiger partial charge on any atom is -0.493 e. The van der Waals surface area contributed by atoms with Crippen LogP contribution in [0.5, 0.6) is 11.5 Å². The van der Waals surface area contributed by atoms with E-state index in [1.807, 2.05) is 18.7 Å². The molecule has 1 aliphatic rings. The second-order valence-corrected chi connectivity index (χ2v) is 8.20. The van der Waals surface area contributed by atoms with Gasteiger partial charge in [-0.1, -0.05) is 0 Å². The monoisotopic (exact) mass is 472 g/mol. The summed E-state index contributed by atoms with van der Waals surface area (Å²) in [5.74, 6) is -0.735. The number of carbonyl (C=O) groups is 3. The zero-order valence-corrected chi connectivity index (χ0v) is 19.8. The molecular formula is C25H29FN2O6. The Balaban J connectivity index is 1.53. The fourth-order valence-electron chi connectivity index (χ4n) is 3.63. The minimum atomic E-state index is -0.644. The third-order valence-corrected chi connectivity index (χ3v) is 5.42. The lowest BCUT2D eigenvalue weighted by Gasteiger charge is -2.36. The van der Waals surface area contributed by atoms with Gasteiger partial charge in [-0.2, -0.15) is 0 Å². The van der Waals surface area contributed by atoms with E-state index in [2.05, 4.69) is 0 Å². The molecule has 9 heteroatoms. The van der Waals surface area contributed by atoms with Crippen molar-refractivity contribution in [1.29, 1.82) is 0 Å².